The first-order valence-electron chi connectivity index (χ1n) is 10.8. The van der Waals surface area contributed by atoms with Crippen molar-refractivity contribution in [3.05, 3.63) is 35.7 Å². The second-order valence-electron chi connectivity index (χ2n) is 9.46. The van der Waals surface area contributed by atoms with Crippen molar-refractivity contribution in [1.82, 2.24) is 5.32 Å². The Morgan fingerprint density at radius 1 is 1.52 bits per heavy atom. The highest BCUT2D eigenvalue weighted by atomic mass is 31.0. The lowest BCUT2D eigenvalue weighted by Gasteiger charge is -2.39. The standard InChI is InChI=1S/C24H38NO3P/c1-7-23(4)12-11-18(14-23)16(3)24(5,8-2)15-25-21(26)17-9-10-19(20(29)13-17)22(27)28-6/h7,9,13,16,18-19H,1,8,10-12,14-15,29H2,2-6H3,(H,25,26)/t16-,18?,19?,23+,24?/m0/s1. The Morgan fingerprint density at radius 2 is 2.21 bits per heavy atom. The average molecular weight is 420 g/mol. The molecule has 4 unspecified atom stereocenters. The molecule has 162 valence electrons. The quantitative estimate of drug-likeness (QED) is 0.341. The maximum absolute atomic E-state index is 12.8. The van der Waals surface area contributed by atoms with Gasteiger partial charge in [0.15, 0.2) is 0 Å². The minimum atomic E-state index is -0.316. The van der Waals surface area contributed by atoms with Gasteiger partial charge in [-0.3, -0.25) is 9.59 Å². The lowest BCUT2D eigenvalue weighted by Crippen LogP contribution is -2.42. The molecule has 0 bridgehead atoms. The molecule has 1 N–H and O–H groups in total. The van der Waals surface area contributed by atoms with E-state index in [2.05, 4.69) is 54.9 Å². The fourth-order valence-electron chi connectivity index (χ4n) is 4.74. The summed E-state index contributed by atoms with van der Waals surface area (Å²) >= 11 is 0. The number of ether oxygens (including phenoxy) is 1. The number of carbonyl (C=O) groups excluding carboxylic acids is 2. The first-order valence-corrected chi connectivity index (χ1v) is 11.3. The number of nitrogens with one attached hydrogen (secondary N) is 1. The predicted octanol–water partition coefficient (Wildman–Crippen LogP) is 5.03. The van der Waals surface area contributed by atoms with Crippen molar-refractivity contribution >= 4 is 21.1 Å². The van der Waals surface area contributed by atoms with E-state index in [1.165, 1.54) is 26.4 Å². The fourth-order valence-corrected chi connectivity index (χ4v) is 5.20. The lowest BCUT2D eigenvalue weighted by molar-refractivity contribution is -0.143. The zero-order chi connectivity index (χ0) is 21.8. The van der Waals surface area contributed by atoms with Gasteiger partial charge in [-0.05, 0) is 66.2 Å². The number of rotatable bonds is 8. The summed E-state index contributed by atoms with van der Waals surface area (Å²) in [6.07, 6.45) is 10.9. The van der Waals surface area contributed by atoms with Crippen LogP contribution in [-0.4, -0.2) is 25.5 Å². The van der Waals surface area contributed by atoms with Crippen LogP contribution in [0.2, 0.25) is 0 Å². The number of hydrogen-bond acceptors (Lipinski definition) is 3. The second kappa shape index (κ2) is 9.60. The first kappa shape index (κ1) is 23.9. The largest absolute Gasteiger partial charge is 0.469 e. The molecule has 2 aliphatic carbocycles. The van der Waals surface area contributed by atoms with Crippen LogP contribution in [0.3, 0.4) is 0 Å². The number of amides is 1. The molecule has 29 heavy (non-hydrogen) atoms. The van der Waals surface area contributed by atoms with Gasteiger partial charge in [0.05, 0.1) is 13.0 Å². The molecule has 1 fully saturated rings. The van der Waals surface area contributed by atoms with Crippen LogP contribution in [0.5, 0.6) is 0 Å². The normalized spacial score (nSPS) is 29.9. The van der Waals surface area contributed by atoms with E-state index in [1.54, 1.807) is 6.08 Å². The van der Waals surface area contributed by atoms with Gasteiger partial charge in [0.2, 0.25) is 0 Å². The van der Waals surface area contributed by atoms with Crippen LogP contribution < -0.4 is 5.32 Å². The summed E-state index contributed by atoms with van der Waals surface area (Å²) in [5.41, 5.74) is 0.922. The molecule has 0 aliphatic heterocycles. The summed E-state index contributed by atoms with van der Waals surface area (Å²) in [4.78, 5) is 24.6. The average Bonchev–Trinajstić information content (AvgIpc) is 3.13. The molecule has 0 aromatic heterocycles. The van der Waals surface area contributed by atoms with Crippen LogP contribution in [0.25, 0.3) is 0 Å². The highest BCUT2D eigenvalue weighted by molar-refractivity contribution is 7.22. The van der Waals surface area contributed by atoms with Crippen molar-refractivity contribution in [2.24, 2.45) is 28.6 Å². The number of allylic oxidation sites excluding steroid dienone is 2. The zero-order valence-electron chi connectivity index (χ0n) is 18.7. The summed E-state index contributed by atoms with van der Waals surface area (Å²) in [6.45, 7) is 13.8. The highest BCUT2D eigenvalue weighted by Crippen LogP contribution is 2.50. The molecule has 1 saturated carbocycles. The molecular weight excluding hydrogens is 381 g/mol. The van der Waals surface area contributed by atoms with Gasteiger partial charge in [-0.2, -0.15) is 0 Å². The van der Waals surface area contributed by atoms with Crippen LogP contribution in [0.4, 0.5) is 0 Å². The van der Waals surface area contributed by atoms with E-state index in [1.807, 2.05) is 6.08 Å². The van der Waals surface area contributed by atoms with Crippen molar-refractivity contribution in [3.63, 3.8) is 0 Å². The van der Waals surface area contributed by atoms with E-state index in [0.717, 1.165) is 11.7 Å². The van der Waals surface area contributed by atoms with Gasteiger partial charge in [0.1, 0.15) is 0 Å². The molecule has 5 heteroatoms. The Hall–Kier alpha value is -1.41. The molecule has 1 amide bonds. The van der Waals surface area contributed by atoms with Crippen LogP contribution in [-0.2, 0) is 14.3 Å². The van der Waals surface area contributed by atoms with Crippen LogP contribution >= 0.6 is 9.24 Å². The maximum atomic E-state index is 12.8. The minimum absolute atomic E-state index is 0.0457. The van der Waals surface area contributed by atoms with E-state index < -0.39 is 0 Å². The molecule has 0 heterocycles. The van der Waals surface area contributed by atoms with Gasteiger partial charge < -0.3 is 10.1 Å². The fraction of sp³-hybridized carbons (Fsp3) is 0.667. The van der Waals surface area contributed by atoms with E-state index in [9.17, 15) is 9.59 Å². The molecule has 2 rings (SSSR count). The SMILES string of the molecule is C=C[C@]1(C)CCC([C@H](C)C(C)(CC)CNC(=O)C2=CCC(C(=O)OC)C(P)=C2)C1. The van der Waals surface area contributed by atoms with Crippen molar-refractivity contribution < 1.29 is 14.3 Å². The van der Waals surface area contributed by atoms with E-state index in [0.29, 0.717) is 30.4 Å². The predicted molar refractivity (Wildman–Crippen MR) is 122 cm³/mol. The lowest BCUT2D eigenvalue weighted by atomic mass is 9.68. The molecule has 0 aromatic carbocycles. The van der Waals surface area contributed by atoms with Gasteiger partial charge in [-0.1, -0.05) is 39.8 Å². The Bertz CT molecular complexity index is 713. The highest BCUT2D eigenvalue weighted by Gasteiger charge is 2.41. The third-order valence-corrected chi connectivity index (χ3v) is 8.19. The summed E-state index contributed by atoms with van der Waals surface area (Å²) in [5, 5.41) is 3.96. The maximum Gasteiger partial charge on any atom is 0.313 e. The van der Waals surface area contributed by atoms with Crippen molar-refractivity contribution in [2.45, 2.75) is 59.8 Å². The van der Waals surface area contributed by atoms with Gasteiger partial charge in [0, 0.05) is 12.1 Å². The Balaban J connectivity index is 1.99. The number of hydrogen-bond donors (Lipinski definition) is 1. The summed E-state index contributed by atoms with van der Waals surface area (Å²) in [5.74, 6) is 0.531. The van der Waals surface area contributed by atoms with Crippen LogP contribution in [0.1, 0.15) is 59.8 Å². The van der Waals surface area contributed by atoms with E-state index in [-0.39, 0.29) is 28.6 Å². The summed E-state index contributed by atoms with van der Waals surface area (Å²) in [7, 11) is 3.96. The second-order valence-corrected chi connectivity index (χ2v) is 10.1. The molecule has 0 radical (unpaired) electrons. The Labute approximate surface area is 178 Å². The van der Waals surface area contributed by atoms with Crippen LogP contribution in [0.15, 0.2) is 35.7 Å². The molecule has 4 nitrogen and oxygen atoms in total. The van der Waals surface area contributed by atoms with E-state index in [4.69, 9.17) is 4.74 Å². The molecule has 6 atom stereocenters. The van der Waals surface area contributed by atoms with Gasteiger partial charge in [0.25, 0.3) is 5.91 Å². The zero-order valence-corrected chi connectivity index (χ0v) is 19.9. The number of esters is 1. The number of methoxy groups -OCH3 is 1. The molecule has 0 saturated heterocycles. The third-order valence-electron chi connectivity index (χ3n) is 7.62. The molecule has 0 spiro atoms. The smallest absolute Gasteiger partial charge is 0.313 e. The topological polar surface area (TPSA) is 55.4 Å². The van der Waals surface area contributed by atoms with Crippen molar-refractivity contribution in [2.75, 3.05) is 13.7 Å². The van der Waals surface area contributed by atoms with E-state index >= 15 is 0 Å². The number of carbonyl (C=O) groups is 2. The monoisotopic (exact) mass is 419 g/mol. The summed E-state index contributed by atoms with van der Waals surface area (Å²) in [6, 6.07) is 0. The Morgan fingerprint density at radius 3 is 2.72 bits per heavy atom. The van der Waals surface area contributed by atoms with Crippen molar-refractivity contribution in [1.29, 1.82) is 0 Å². The summed E-state index contributed by atoms with van der Waals surface area (Å²) < 4.78 is 4.83. The third kappa shape index (κ3) is 5.40. The molecular formula is C24H38NO3P. The van der Waals surface area contributed by atoms with Crippen molar-refractivity contribution in [3.8, 4) is 0 Å². The van der Waals surface area contributed by atoms with Gasteiger partial charge in [-0.15, -0.1) is 15.8 Å². The van der Waals surface area contributed by atoms with Gasteiger partial charge >= 0.3 is 5.97 Å². The molecule has 0 aromatic rings. The minimum Gasteiger partial charge on any atom is -0.469 e. The first-order chi connectivity index (χ1) is 13.6. The van der Waals surface area contributed by atoms with Gasteiger partial charge in [-0.25, -0.2) is 0 Å². The Kier molecular flexibility index (Phi) is 7.90. The molecule has 2 aliphatic rings. The van der Waals surface area contributed by atoms with Crippen LogP contribution in [0, 0.1) is 28.6 Å².